The van der Waals surface area contributed by atoms with Crippen LogP contribution in [-0.4, -0.2) is 19.7 Å². The van der Waals surface area contributed by atoms with E-state index in [-0.39, 0.29) is 5.82 Å². The molecule has 0 unspecified atom stereocenters. The highest BCUT2D eigenvalue weighted by Gasteiger charge is 2.13. The molecule has 1 fully saturated rings. The lowest BCUT2D eigenvalue weighted by atomic mass is 10.1. The van der Waals surface area contributed by atoms with Gasteiger partial charge in [0.15, 0.2) is 0 Å². The third-order valence-corrected chi connectivity index (χ3v) is 3.60. The molecular weight excluding hydrogens is 229 g/mol. The molecule has 1 saturated carbocycles. The van der Waals surface area contributed by atoms with Crippen LogP contribution in [0.4, 0.5) is 4.39 Å². The Hall–Kier alpha value is -1.09. The van der Waals surface area contributed by atoms with Crippen molar-refractivity contribution in [1.29, 1.82) is 0 Å². The van der Waals surface area contributed by atoms with Crippen molar-refractivity contribution in [3.05, 3.63) is 29.6 Å². The maximum Gasteiger partial charge on any atom is 0.129 e. The van der Waals surface area contributed by atoms with Gasteiger partial charge >= 0.3 is 0 Å². The molecule has 3 heteroatoms. The molecule has 0 heterocycles. The first kappa shape index (κ1) is 13.3. The molecule has 1 aromatic carbocycles. The van der Waals surface area contributed by atoms with E-state index in [1.165, 1.54) is 31.7 Å². The second-order valence-electron chi connectivity index (χ2n) is 5.11. The summed E-state index contributed by atoms with van der Waals surface area (Å²) < 4.78 is 18.8. The first-order valence-electron chi connectivity index (χ1n) is 6.85. The van der Waals surface area contributed by atoms with Crippen LogP contribution in [0.25, 0.3) is 0 Å². The fraction of sp³-hybridized carbons (Fsp3) is 0.600. The van der Waals surface area contributed by atoms with Crippen molar-refractivity contribution in [2.75, 3.05) is 19.7 Å². The molecule has 0 spiro atoms. The summed E-state index contributed by atoms with van der Waals surface area (Å²) in [6.45, 7) is 4.26. The van der Waals surface area contributed by atoms with E-state index < -0.39 is 0 Å². The zero-order chi connectivity index (χ0) is 12.8. The fourth-order valence-electron chi connectivity index (χ4n) is 2.43. The number of nitrogens with one attached hydrogen (secondary N) is 1. The summed E-state index contributed by atoms with van der Waals surface area (Å²) in [5.41, 5.74) is 0.654. The van der Waals surface area contributed by atoms with Gasteiger partial charge in [-0.3, -0.25) is 0 Å². The van der Waals surface area contributed by atoms with Gasteiger partial charge < -0.3 is 10.1 Å². The Morgan fingerprint density at radius 2 is 2.11 bits per heavy atom. The summed E-state index contributed by atoms with van der Waals surface area (Å²) >= 11 is 0. The molecule has 2 nitrogen and oxygen atoms in total. The molecule has 0 radical (unpaired) electrons. The fourth-order valence-corrected chi connectivity index (χ4v) is 2.43. The van der Waals surface area contributed by atoms with Crippen LogP contribution in [0.1, 0.15) is 31.2 Å². The molecule has 2 rings (SSSR count). The number of hydrogen-bond donors (Lipinski definition) is 1. The first-order valence-corrected chi connectivity index (χ1v) is 6.85. The lowest BCUT2D eigenvalue weighted by Gasteiger charge is -2.11. The number of hydrogen-bond acceptors (Lipinski definition) is 2. The molecule has 1 aliphatic rings. The van der Waals surface area contributed by atoms with E-state index in [9.17, 15) is 4.39 Å². The second-order valence-corrected chi connectivity index (χ2v) is 5.11. The van der Waals surface area contributed by atoms with Crippen LogP contribution in [0, 0.1) is 18.7 Å². The van der Waals surface area contributed by atoms with Crippen LogP contribution in [0.3, 0.4) is 0 Å². The van der Waals surface area contributed by atoms with Gasteiger partial charge in [0.1, 0.15) is 18.2 Å². The Balaban J connectivity index is 1.61. The summed E-state index contributed by atoms with van der Waals surface area (Å²) in [6, 6.07) is 5.01. The molecule has 0 atom stereocenters. The number of halogens is 1. The third-order valence-electron chi connectivity index (χ3n) is 3.60. The summed E-state index contributed by atoms with van der Waals surface area (Å²) in [6.07, 6.45) is 5.48. The summed E-state index contributed by atoms with van der Waals surface area (Å²) in [5.74, 6) is 1.26. The molecule has 1 N–H and O–H groups in total. The number of benzene rings is 1. The molecule has 0 amide bonds. The highest BCUT2D eigenvalue weighted by atomic mass is 19.1. The maximum absolute atomic E-state index is 13.3. The Morgan fingerprint density at radius 3 is 2.83 bits per heavy atom. The van der Waals surface area contributed by atoms with Crippen LogP contribution in [0.2, 0.25) is 0 Å². The third kappa shape index (κ3) is 3.98. The largest absolute Gasteiger partial charge is 0.492 e. The molecule has 0 aromatic heterocycles. The van der Waals surface area contributed by atoms with Gasteiger partial charge in [-0.15, -0.1) is 0 Å². The van der Waals surface area contributed by atoms with Gasteiger partial charge in [-0.1, -0.05) is 18.9 Å². The highest BCUT2D eigenvalue weighted by molar-refractivity contribution is 5.27. The van der Waals surface area contributed by atoms with Gasteiger partial charge in [0.25, 0.3) is 0 Å². The van der Waals surface area contributed by atoms with E-state index in [0.29, 0.717) is 17.9 Å². The normalized spacial score (nSPS) is 16.1. The van der Waals surface area contributed by atoms with Crippen molar-refractivity contribution < 1.29 is 9.13 Å². The van der Waals surface area contributed by atoms with Crippen molar-refractivity contribution in [2.24, 2.45) is 5.92 Å². The number of aryl methyl sites for hydroxylation is 1. The maximum atomic E-state index is 13.3. The Bertz CT molecular complexity index is 375. The van der Waals surface area contributed by atoms with Gasteiger partial charge in [-0.2, -0.15) is 0 Å². The molecule has 18 heavy (non-hydrogen) atoms. The Morgan fingerprint density at radius 1 is 1.33 bits per heavy atom. The summed E-state index contributed by atoms with van der Waals surface area (Å²) in [5, 5.41) is 3.40. The van der Waals surface area contributed by atoms with Crippen molar-refractivity contribution in [3.8, 4) is 5.75 Å². The monoisotopic (exact) mass is 251 g/mol. The van der Waals surface area contributed by atoms with Gasteiger partial charge in [0.2, 0.25) is 0 Å². The lowest BCUT2D eigenvalue weighted by molar-refractivity contribution is 0.307. The van der Waals surface area contributed by atoms with Crippen LogP contribution in [0.15, 0.2) is 18.2 Å². The quantitative estimate of drug-likeness (QED) is 0.783. The summed E-state index contributed by atoms with van der Waals surface area (Å²) in [4.78, 5) is 0. The molecule has 1 aromatic rings. The average molecular weight is 251 g/mol. The lowest BCUT2D eigenvalue weighted by Crippen LogP contribution is -2.26. The predicted molar refractivity (Wildman–Crippen MR) is 71.5 cm³/mol. The van der Waals surface area contributed by atoms with E-state index in [1.807, 2.05) is 6.07 Å². The molecule has 0 aliphatic heterocycles. The zero-order valence-corrected chi connectivity index (χ0v) is 11.0. The molecule has 1 aliphatic carbocycles. The standard InChI is InChI=1S/C15H22FNO/c1-12-6-7-14(10-15(12)16)18-9-8-17-11-13-4-2-3-5-13/h6-7,10,13,17H,2-5,8-9,11H2,1H3. The summed E-state index contributed by atoms with van der Waals surface area (Å²) in [7, 11) is 0. The minimum atomic E-state index is -0.202. The van der Waals surface area contributed by atoms with Crippen molar-refractivity contribution in [1.82, 2.24) is 5.32 Å². The molecule has 0 bridgehead atoms. The van der Waals surface area contributed by atoms with E-state index >= 15 is 0 Å². The van der Waals surface area contributed by atoms with Crippen LogP contribution in [-0.2, 0) is 0 Å². The van der Waals surface area contributed by atoms with Gasteiger partial charge in [0, 0.05) is 12.6 Å². The first-order chi connectivity index (χ1) is 8.75. The zero-order valence-electron chi connectivity index (χ0n) is 11.0. The van der Waals surface area contributed by atoms with Crippen LogP contribution < -0.4 is 10.1 Å². The van der Waals surface area contributed by atoms with E-state index in [2.05, 4.69) is 5.32 Å². The number of ether oxygens (including phenoxy) is 1. The van der Waals surface area contributed by atoms with Crippen molar-refractivity contribution in [3.63, 3.8) is 0 Å². The van der Waals surface area contributed by atoms with Crippen molar-refractivity contribution in [2.45, 2.75) is 32.6 Å². The number of rotatable bonds is 6. The van der Waals surface area contributed by atoms with Gasteiger partial charge in [-0.05, 0) is 43.9 Å². The predicted octanol–water partition coefficient (Wildman–Crippen LogP) is 3.29. The molecular formula is C15H22FNO. The van der Waals surface area contributed by atoms with Crippen molar-refractivity contribution >= 4 is 0 Å². The highest BCUT2D eigenvalue weighted by Crippen LogP contribution is 2.23. The molecule has 0 saturated heterocycles. The van der Waals surface area contributed by atoms with Crippen LogP contribution in [0.5, 0.6) is 5.75 Å². The van der Waals surface area contributed by atoms with E-state index in [1.54, 1.807) is 13.0 Å². The topological polar surface area (TPSA) is 21.3 Å². The van der Waals surface area contributed by atoms with Crippen LogP contribution >= 0.6 is 0 Å². The SMILES string of the molecule is Cc1ccc(OCCNCC2CCCC2)cc1F. The minimum absolute atomic E-state index is 0.202. The van der Waals surface area contributed by atoms with E-state index in [0.717, 1.165) is 19.0 Å². The molecule has 100 valence electrons. The second kappa shape index (κ2) is 6.74. The van der Waals surface area contributed by atoms with Gasteiger partial charge in [-0.25, -0.2) is 4.39 Å². The Labute approximate surface area is 109 Å². The average Bonchev–Trinajstić information content (AvgIpc) is 2.86. The van der Waals surface area contributed by atoms with E-state index in [4.69, 9.17) is 4.74 Å². The van der Waals surface area contributed by atoms with Gasteiger partial charge in [0.05, 0.1) is 0 Å². The Kier molecular flexibility index (Phi) is 5.00. The minimum Gasteiger partial charge on any atom is -0.492 e. The smallest absolute Gasteiger partial charge is 0.129 e.